The standard InChI is InChI=1S/C28H38N2O3/c1-3-4-5-9-20-33-26-18-14-23(15-19-26)27(31)29-25-16-12-24(13-17-25)28(32)30(2)21-22-10-7-6-8-11-22/h12-19,22H,3-11,20-21H2,1-2H3,(H,29,31). The number of benzene rings is 2. The van der Waals surface area contributed by atoms with Crippen molar-refractivity contribution in [2.24, 2.45) is 5.92 Å². The van der Waals surface area contributed by atoms with Gasteiger partial charge in [-0.1, -0.05) is 45.4 Å². The second-order valence-electron chi connectivity index (χ2n) is 9.15. The predicted octanol–water partition coefficient (Wildman–Crippen LogP) is 6.55. The molecule has 0 aliphatic heterocycles. The van der Waals surface area contributed by atoms with Crippen LogP contribution in [0.1, 0.15) is 85.4 Å². The SMILES string of the molecule is CCCCCCOc1ccc(C(=O)Nc2ccc(C(=O)N(C)CC3CCCCC3)cc2)cc1. The molecule has 2 aromatic rings. The van der Waals surface area contributed by atoms with Crippen LogP contribution in [0.3, 0.4) is 0 Å². The molecule has 0 bridgehead atoms. The van der Waals surface area contributed by atoms with Gasteiger partial charge in [0.15, 0.2) is 0 Å². The lowest BCUT2D eigenvalue weighted by molar-refractivity contribution is 0.0760. The van der Waals surface area contributed by atoms with Gasteiger partial charge in [0.05, 0.1) is 6.61 Å². The Morgan fingerprint density at radius 1 is 0.909 bits per heavy atom. The number of amides is 2. The van der Waals surface area contributed by atoms with Crippen LogP contribution in [0.15, 0.2) is 48.5 Å². The van der Waals surface area contributed by atoms with Crippen LogP contribution in [0.5, 0.6) is 5.75 Å². The number of rotatable bonds is 11. The highest BCUT2D eigenvalue weighted by Crippen LogP contribution is 2.24. The van der Waals surface area contributed by atoms with E-state index in [0.29, 0.717) is 29.3 Å². The van der Waals surface area contributed by atoms with Crippen LogP contribution in [0.25, 0.3) is 0 Å². The summed E-state index contributed by atoms with van der Waals surface area (Å²) in [6.45, 7) is 3.71. The van der Waals surface area contributed by atoms with E-state index < -0.39 is 0 Å². The Hall–Kier alpha value is -2.82. The monoisotopic (exact) mass is 450 g/mol. The Bertz CT molecular complexity index is 871. The maximum absolute atomic E-state index is 12.8. The first-order valence-electron chi connectivity index (χ1n) is 12.5. The third kappa shape index (κ3) is 7.92. The van der Waals surface area contributed by atoms with Gasteiger partial charge < -0.3 is 15.0 Å². The molecule has 1 saturated carbocycles. The molecule has 5 heteroatoms. The van der Waals surface area contributed by atoms with E-state index in [1.807, 2.05) is 24.1 Å². The van der Waals surface area contributed by atoms with Crippen LogP contribution < -0.4 is 10.1 Å². The highest BCUT2D eigenvalue weighted by Gasteiger charge is 2.19. The van der Waals surface area contributed by atoms with E-state index in [2.05, 4.69) is 12.2 Å². The Labute approximate surface area is 198 Å². The second-order valence-corrected chi connectivity index (χ2v) is 9.15. The summed E-state index contributed by atoms with van der Waals surface area (Å²) in [4.78, 5) is 27.2. The van der Waals surface area contributed by atoms with Crippen LogP contribution in [0.4, 0.5) is 5.69 Å². The number of carbonyl (C=O) groups is 2. The molecule has 178 valence electrons. The summed E-state index contributed by atoms with van der Waals surface area (Å²) in [5.41, 5.74) is 1.88. The molecule has 0 heterocycles. The summed E-state index contributed by atoms with van der Waals surface area (Å²) in [7, 11) is 1.88. The molecule has 5 nitrogen and oxygen atoms in total. The van der Waals surface area contributed by atoms with Gasteiger partial charge >= 0.3 is 0 Å². The molecule has 0 unspecified atom stereocenters. The molecule has 0 radical (unpaired) electrons. The zero-order chi connectivity index (χ0) is 23.5. The minimum atomic E-state index is -0.182. The first-order valence-corrected chi connectivity index (χ1v) is 12.5. The molecule has 0 spiro atoms. The van der Waals surface area contributed by atoms with Crippen molar-refractivity contribution >= 4 is 17.5 Å². The van der Waals surface area contributed by atoms with Crippen molar-refractivity contribution in [3.63, 3.8) is 0 Å². The predicted molar refractivity (Wildman–Crippen MR) is 134 cm³/mol. The van der Waals surface area contributed by atoms with Gasteiger partial charge in [0.25, 0.3) is 11.8 Å². The molecule has 0 atom stereocenters. The number of unbranched alkanes of at least 4 members (excludes halogenated alkanes) is 3. The van der Waals surface area contributed by atoms with E-state index in [-0.39, 0.29) is 11.8 Å². The summed E-state index contributed by atoms with van der Waals surface area (Å²) in [6.07, 6.45) is 11.0. The van der Waals surface area contributed by atoms with Crippen LogP contribution in [0.2, 0.25) is 0 Å². The quantitative estimate of drug-likeness (QED) is 0.395. The Morgan fingerprint density at radius 2 is 1.58 bits per heavy atom. The third-order valence-corrected chi connectivity index (χ3v) is 6.38. The van der Waals surface area contributed by atoms with Crippen molar-refractivity contribution in [1.82, 2.24) is 4.90 Å². The average molecular weight is 451 g/mol. The fraction of sp³-hybridized carbons (Fsp3) is 0.500. The van der Waals surface area contributed by atoms with Crippen molar-refractivity contribution < 1.29 is 14.3 Å². The van der Waals surface area contributed by atoms with Crippen LogP contribution in [-0.2, 0) is 0 Å². The first kappa shape index (κ1) is 24.8. The van der Waals surface area contributed by atoms with E-state index in [4.69, 9.17) is 4.74 Å². The topological polar surface area (TPSA) is 58.6 Å². The van der Waals surface area contributed by atoms with Gasteiger partial charge in [-0.2, -0.15) is 0 Å². The zero-order valence-electron chi connectivity index (χ0n) is 20.1. The van der Waals surface area contributed by atoms with Gasteiger partial charge in [-0.15, -0.1) is 0 Å². The average Bonchev–Trinajstić information content (AvgIpc) is 2.85. The van der Waals surface area contributed by atoms with Gasteiger partial charge in [0.2, 0.25) is 0 Å². The number of nitrogens with one attached hydrogen (secondary N) is 1. The number of anilines is 1. The normalized spacial score (nSPS) is 14.0. The van der Waals surface area contributed by atoms with Crippen molar-refractivity contribution in [2.75, 3.05) is 25.5 Å². The Morgan fingerprint density at radius 3 is 2.24 bits per heavy atom. The number of hydrogen-bond donors (Lipinski definition) is 1. The smallest absolute Gasteiger partial charge is 0.255 e. The molecular weight excluding hydrogens is 412 g/mol. The molecule has 2 aromatic carbocycles. The fourth-order valence-electron chi connectivity index (χ4n) is 4.38. The second kappa shape index (κ2) is 13.0. The maximum Gasteiger partial charge on any atom is 0.255 e. The lowest BCUT2D eigenvalue weighted by Gasteiger charge is -2.27. The van der Waals surface area contributed by atoms with Crippen molar-refractivity contribution in [3.05, 3.63) is 59.7 Å². The molecule has 1 aliphatic rings. The summed E-state index contributed by atoms with van der Waals surface area (Å²) < 4.78 is 5.74. The molecule has 0 aromatic heterocycles. The number of nitrogens with zero attached hydrogens (tertiary/aromatic N) is 1. The summed E-state index contributed by atoms with van der Waals surface area (Å²) in [5, 5.41) is 2.90. The molecule has 2 amide bonds. The Balaban J connectivity index is 1.47. The molecule has 1 N–H and O–H groups in total. The van der Waals surface area contributed by atoms with Crippen LogP contribution in [0, 0.1) is 5.92 Å². The molecule has 1 aliphatic carbocycles. The number of ether oxygens (including phenoxy) is 1. The van der Waals surface area contributed by atoms with Crippen molar-refractivity contribution in [2.45, 2.75) is 64.7 Å². The van der Waals surface area contributed by atoms with E-state index in [9.17, 15) is 9.59 Å². The maximum atomic E-state index is 12.8. The molecular formula is C28H38N2O3. The first-order chi connectivity index (χ1) is 16.1. The highest BCUT2D eigenvalue weighted by molar-refractivity contribution is 6.04. The largest absolute Gasteiger partial charge is 0.494 e. The number of hydrogen-bond acceptors (Lipinski definition) is 3. The minimum absolute atomic E-state index is 0.0312. The van der Waals surface area contributed by atoms with Gasteiger partial charge in [-0.25, -0.2) is 0 Å². The van der Waals surface area contributed by atoms with Gasteiger partial charge in [0.1, 0.15) is 5.75 Å². The minimum Gasteiger partial charge on any atom is -0.494 e. The lowest BCUT2D eigenvalue weighted by Crippen LogP contribution is -2.32. The van der Waals surface area contributed by atoms with Crippen LogP contribution in [-0.4, -0.2) is 36.9 Å². The number of carbonyl (C=O) groups excluding carboxylic acids is 2. The third-order valence-electron chi connectivity index (χ3n) is 6.38. The van der Waals surface area contributed by atoms with Crippen molar-refractivity contribution in [3.8, 4) is 5.75 Å². The van der Waals surface area contributed by atoms with E-state index in [0.717, 1.165) is 18.7 Å². The van der Waals surface area contributed by atoms with Crippen molar-refractivity contribution in [1.29, 1.82) is 0 Å². The molecule has 0 saturated heterocycles. The van der Waals surface area contributed by atoms with E-state index >= 15 is 0 Å². The highest BCUT2D eigenvalue weighted by atomic mass is 16.5. The lowest BCUT2D eigenvalue weighted by atomic mass is 9.89. The fourth-order valence-corrected chi connectivity index (χ4v) is 4.38. The van der Waals surface area contributed by atoms with Gasteiger partial charge in [-0.3, -0.25) is 9.59 Å². The summed E-state index contributed by atoms with van der Waals surface area (Å²) in [5.74, 6) is 1.24. The van der Waals surface area contributed by atoms with E-state index in [1.54, 1.807) is 36.4 Å². The van der Waals surface area contributed by atoms with Gasteiger partial charge in [-0.05, 0) is 73.7 Å². The zero-order valence-corrected chi connectivity index (χ0v) is 20.1. The van der Waals surface area contributed by atoms with Gasteiger partial charge in [0, 0.05) is 30.4 Å². The van der Waals surface area contributed by atoms with E-state index in [1.165, 1.54) is 51.4 Å². The summed E-state index contributed by atoms with van der Waals surface area (Å²) in [6, 6.07) is 14.3. The molecule has 1 fully saturated rings. The summed E-state index contributed by atoms with van der Waals surface area (Å²) >= 11 is 0. The van der Waals surface area contributed by atoms with Crippen LogP contribution >= 0.6 is 0 Å². The molecule has 3 rings (SSSR count). The Kier molecular flexibility index (Phi) is 9.79. The molecule has 33 heavy (non-hydrogen) atoms.